The van der Waals surface area contributed by atoms with Crippen LogP contribution in [0.5, 0.6) is 0 Å². The smallest absolute Gasteiger partial charge is 0.115 e. The van der Waals surface area contributed by atoms with Crippen LogP contribution in [0.25, 0.3) is 0 Å². The van der Waals surface area contributed by atoms with E-state index < -0.39 is 26.5 Å². The Labute approximate surface area is 296 Å². The van der Waals surface area contributed by atoms with Gasteiger partial charge in [-0.15, -0.1) is 0 Å². The second kappa shape index (κ2) is 16.2. The number of rotatable bonds is 8. The number of carboxylic acids is 2. The maximum atomic E-state index is 8.93. The predicted molar refractivity (Wildman–Crippen MR) is 206 cm³/mol. The first-order valence-corrected chi connectivity index (χ1v) is 20.7. The van der Waals surface area contributed by atoms with Crippen molar-refractivity contribution in [3.05, 3.63) is 182 Å². The van der Waals surface area contributed by atoms with Crippen molar-refractivity contribution in [1.29, 1.82) is 0 Å². The predicted octanol–water partition coefficient (Wildman–Crippen LogP) is 4.77. The lowest BCUT2D eigenvalue weighted by molar-refractivity contribution is -0.345. The fourth-order valence-electron chi connectivity index (χ4n) is 7.06. The second-order valence-electron chi connectivity index (χ2n) is 12.5. The Morgan fingerprint density at radius 3 is 0.620 bits per heavy atom. The molecule has 0 spiro atoms. The zero-order valence-electron chi connectivity index (χ0n) is 27.8. The highest BCUT2D eigenvalue weighted by molar-refractivity contribution is 7.97. The highest BCUT2D eigenvalue weighted by Gasteiger charge is 2.58. The van der Waals surface area contributed by atoms with Gasteiger partial charge in [-0.05, 0) is 98.5 Å². The maximum absolute atomic E-state index is 8.93. The van der Waals surface area contributed by atoms with Crippen molar-refractivity contribution in [3.8, 4) is 0 Å². The summed E-state index contributed by atoms with van der Waals surface area (Å²) < 4.78 is 0. The minimum Gasteiger partial charge on any atom is -0.543 e. The van der Waals surface area contributed by atoms with Crippen LogP contribution < -0.4 is 42.0 Å². The number of carbonyl (C=O) groups excluding carboxylic acids is 2. The van der Waals surface area contributed by atoms with Crippen molar-refractivity contribution < 1.29 is 19.8 Å². The minimum absolute atomic E-state index is 0.805. The molecule has 0 saturated heterocycles. The van der Waals surface area contributed by atoms with Gasteiger partial charge in [0.15, 0.2) is 0 Å². The molecular formula is C44H40O4P2. The van der Waals surface area contributed by atoms with Crippen molar-refractivity contribution >= 4 is 58.3 Å². The first-order chi connectivity index (χ1) is 24.5. The van der Waals surface area contributed by atoms with E-state index in [1.54, 1.807) is 0 Å². The van der Waals surface area contributed by atoms with E-state index in [0.717, 1.165) is 11.3 Å². The molecule has 250 valence electrons. The summed E-state index contributed by atoms with van der Waals surface area (Å²) in [6, 6.07) is 67.1. The van der Waals surface area contributed by atoms with Crippen molar-refractivity contribution in [2.45, 2.75) is 37.0 Å². The third-order valence-electron chi connectivity index (χ3n) is 9.34. The van der Waals surface area contributed by atoms with Crippen molar-refractivity contribution in [3.63, 3.8) is 0 Å². The van der Waals surface area contributed by atoms with Gasteiger partial charge in [-0.2, -0.15) is 0 Å². The summed E-state index contributed by atoms with van der Waals surface area (Å²) >= 11 is 0. The molecular weight excluding hydrogens is 654 g/mol. The Bertz CT molecular complexity index is 1610. The van der Waals surface area contributed by atoms with E-state index in [9.17, 15) is 0 Å². The van der Waals surface area contributed by atoms with Gasteiger partial charge in [-0.1, -0.05) is 109 Å². The summed E-state index contributed by atoms with van der Waals surface area (Å²) in [5, 5.41) is 27.0. The Kier molecular flexibility index (Phi) is 11.3. The molecule has 6 heteroatoms. The molecule has 2 fully saturated rings. The average Bonchev–Trinajstić information content (AvgIpc) is 4.12. The SMILES string of the molecule is O=C([O-])C(=O)[O-].c1ccc([P+](c2ccccc2)(c2ccccc2)C2CC2)cc1.c1ccc([P+](c2ccccc2)(c2ccccc2)C2CC2)cc1. The van der Waals surface area contributed by atoms with Gasteiger partial charge in [-0.25, -0.2) is 0 Å². The Morgan fingerprint density at radius 1 is 0.340 bits per heavy atom. The maximum Gasteiger partial charge on any atom is 0.115 e. The molecule has 6 aromatic rings. The molecule has 0 aromatic heterocycles. The van der Waals surface area contributed by atoms with E-state index in [2.05, 4.69) is 182 Å². The number of hydrogen-bond acceptors (Lipinski definition) is 4. The van der Waals surface area contributed by atoms with Crippen LogP contribution in [0, 0.1) is 0 Å². The quantitative estimate of drug-likeness (QED) is 0.170. The zero-order valence-corrected chi connectivity index (χ0v) is 29.6. The van der Waals surface area contributed by atoms with Crippen molar-refractivity contribution in [1.82, 2.24) is 0 Å². The lowest BCUT2D eigenvalue weighted by atomic mass is 10.4. The van der Waals surface area contributed by atoms with Crippen LogP contribution in [0.1, 0.15) is 25.7 Å². The third-order valence-corrected chi connectivity index (χ3v) is 19.2. The average molecular weight is 695 g/mol. The van der Waals surface area contributed by atoms with E-state index >= 15 is 0 Å². The molecule has 2 saturated carbocycles. The van der Waals surface area contributed by atoms with E-state index in [1.807, 2.05) is 0 Å². The Balaban J connectivity index is 0.000000149. The van der Waals surface area contributed by atoms with Gasteiger partial charge in [0.05, 0.1) is 23.3 Å². The summed E-state index contributed by atoms with van der Waals surface area (Å²) in [5.74, 6) is -4.37. The van der Waals surface area contributed by atoms with E-state index in [-0.39, 0.29) is 0 Å². The first-order valence-electron chi connectivity index (χ1n) is 17.0. The molecule has 6 aromatic carbocycles. The van der Waals surface area contributed by atoms with Gasteiger partial charge in [-0.3, -0.25) is 0 Å². The standard InChI is InChI=1S/2C21H20P.C2H2O4/c2*1-4-10-18(11-5-1)22(21-16-17-21,19-12-6-2-7-13-19)20-14-8-3-9-15-20;3-1(4)2(5)6/h2*1-15,21H,16-17H2;(H,3,4)(H,5,6)/q2*+1;/p-2. The van der Waals surface area contributed by atoms with Gasteiger partial charge in [0, 0.05) is 0 Å². The summed E-state index contributed by atoms with van der Waals surface area (Å²) in [6.45, 7) is 0. The van der Waals surface area contributed by atoms with Gasteiger partial charge in [0.2, 0.25) is 0 Å². The van der Waals surface area contributed by atoms with Crippen LogP contribution in [0.3, 0.4) is 0 Å². The van der Waals surface area contributed by atoms with Crippen LogP contribution in [-0.2, 0) is 9.59 Å². The van der Waals surface area contributed by atoms with E-state index in [1.165, 1.54) is 57.5 Å². The molecule has 2 aliphatic carbocycles. The lowest BCUT2D eigenvalue weighted by Crippen LogP contribution is -2.42. The molecule has 0 unspecified atom stereocenters. The molecule has 8 rings (SSSR count). The van der Waals surface area contributed by atoms with Gasteiger partial charge < -0.3 is 19.8 Å². The highest BCUT2D eigenvalue weighted by atomic mass is 31.2. The molecule has 0 amide bonds. The molecule has 0 heterocycles. The van der Waals surface area contributed by atoms with Crippen LogP contribution in [0.2, 0.25) is 0 Å². The lowest BCUT2D eigenvalue weighted by Gasteiger charge is -2.27. The molecule has 0 atom stereocenters. The summed E-state index contributed by atoms with van der Waals surface area (Å²) in [6.07, 6.45) is 5.41. The summed E-state index contributed by atoms with van der Waals surface area (Å²) in [5.41, 5.74) is 1.61. The van der Waals surface area contributed by atoms with Crippen molar-refractivity contribution in [2.75, 3.05) is 0 Å². The number of carboxylic acid groups (broad SMARTS) is 2. The molecule has 50 heavy (non-hydrogen) atoms. The molecule has 0 bridgehead atoms. The highest BCUT2D eigenvalue weighted by Crippen LogP contribution is 2.68. The van der Waals surface area contributed by atoms with Crippen LogP contribution >= 0.6 is 14.5 Å². The monoisotopic (exact) mass is 694 g/mol. The fourth-order valence-corrected chi connectivity index (χ4v) is 17.1. The fraction of sp³-hybridized carbons (Fsp3) is 0.136. The number of aliphatic carboxylic acids is 2. The molecule has 0 radical (unpaired) electrons. The molecule has 4 nitrogen and oxygen atoms in total. The largest absolute Gasteiger partial charge is 0.543 e. The van der Waals surface area contributed by atoms with E-state index in [4.69, 9.17) is 19.8 Å². The third kappa shape index (κ3) is 7.48. The van der Waals surface area contributed by atoms with Crippen molar-refractivity contribution in [2.24, 2.45) is 0 Å². The van der Waals surface area contributed by atoms with Gasteiger partial charge in [0.1, 0.15) is 46.4 Å². The Morgan fingerprint density at radius 2 is 0.500 bits per heavy atom. The Hall–Kier alpha value is -4.88. The molecule has 0 N–H and O–H groups in total. The van der Waals surface area contributed by atoms with Crippen LogP contribution in [-0.4, -0.2) is 23.3 Å². The molecule has 0 aliphatic heterocycles. The van der Waals surface area contributed by atoms with Gasteiger partial charge >= 0.3 is 0 Å². The van der Waals surface area contributed by atoms with E-state index in [0.29, 0.717) is 0 Å². The summed E-state index contributed by atoms with van der Waals surface area (Å²) in [4.78, 5) is 17.9. The summed E-state index contributed by atoms with van der Waals surface area (Å²) in [7, 11) is -3.03. The number of hydrogen-bond donors (Lipinski definition) is 0. The number of benzene rings is 6. The molecule has 2 aliphatic rings. The van der Waals surface area contributed by atoms with Crippen LogP contribution in [0.15, 0.2) is 182 Å². The topological polar surface area (TPSA) is 80.3 Å². The zero-order chi connectivity index (χ0) is 34.8. The van der Waals surface area contributed by atoms with Crippen LogP contribution in [0.4, 0.5) is 0 Å². The number of carbonyl (C=O) groups is 2. The minimum atomic E-state index is -2.19. The normalized spacial score (nSPS) is 13.8. The van der Waals surface area contributed by atoms with Gasteiger partial charge in [0.25, 0.3) is 0 Å². The first kappa shape index (κ1) is 35.0. The second-order valence-corrected chi connectivity index (χ2v) is 19.9.